The van der Waals surface area contributed by atoms with E-state index in [-0.39, 0.29) is 5.91 Å². The Morgan fingerprint density at radius 3 is 2.95 bits per heavy atom. The molecular formula is C17H33N3O. The van der Waals surface area contributed by atoms with Gasteiger partial charge in [-0.15, -0.1) is 0 Å². The average Bonchev–Trinajstić information content (AvgIpc) is 2.52. The second-order valence-corrected chi connectivity index (χ2v) is 6.84. The van der Waals surface area contributed by atoms with E-state index in [1.807, 2.05) is 0 Å². The van der Waals surface area contributed by atoms with E-state index >= 15 is 0 Å². The molecule has 0 aromatic rings. The van der Waals surface area contributed by atoms with E-state index in [1.54, 1.807) is 0 Å². The fourth-order valence-electron chi connectivity index (χ4n) is 3.59. The fourth-order valence-corrected chi connectivity index (χ4v) is 3.59. The zero-order chi connectivity index (χ0) is 14.9. The van der Waals surface area contributed by atoms with Gasteiger partial charge in [0.1, 0.15) is 0 Å². The molecule has 0 aromatic carbocycles. The molecule has 1 amide bonds. The fraction of sp³-hybridized carbons (Fsp3) is 0.941. The maximum atomic E-state index is 11.9. The summed E-state index contributed by atoms with van der Waals surface area (Å²) in [6, 6.07) is 0.730. The van der Waals surface area contributed by atoms with Crippen LogP contribution in [0.2, 0.25) is 0 Å². The van der Waals surface area contributed by atoms with Gasteiger partial charge in [0, 0.05) is 25.6 Å². The highest BCUT2D eigenvalue weighted by atomic mass is 16.1. The van der Waals surface area contributed by atoms with Gasteiger partial charge in [0.05, 0.1) is 0 Å². The number of piperidine rings is 2. The van der Waals surface area contributed by atoms with Crippen molar-refractivity contribution < 1.29 is 4.79 Å². The Bertz CT molecular complexity index is 302. The monoisotopic (exact) mass is 295 g/mol. The van der Waals surface area contributed by atoms with Gasteiger partial charge in [0.15, 0.2) is 0 Å². The predicted octanol–water partition coefficient (Wildman–Crippen LogP) is 2.15. The molecule has 2 saturated heterocycles. The van der Waals surface area contributed by atoms with Crippen LogP contribution in [0.1, 0.15) is 58.3 Å². The van der Waals surface area contributed by atoms with Crippen LogP contribution < -0.4 is 10.6 Å². The van der Waals surface area contributed by atoms with Gasteiger partial charge in [-0.25, -0.2) is 0 Å². The molecule has 2 aliphatic rings. The van der Waals surface area contributed by atoms with Crippen molar-refractivity contribution in [1.82, 2.24) is 15.5 Å². The number of amides is 1. The van der Waals surface area contributed by atoms with Crippen LogP contribution in [0, 0.1) is 5.92 Å². The van der Waals surface area contributed by atoms with E-state index < -0.39 is 0 Å². The minimum Gasteiger partial charge on any atom is -0.356 e. The third kappa shape index (κ3) is 6.35. The van der Waals surface area contributed by atoms with E-state index in [4.69, 9.17) is 0 Å². The van der Waals surface area contributed by atoms with Gasteiger partial charge in [-0.3, -0.25) is 4.79 Å². The SMILES string of the molecule is CC1CCCCN1CCCNC(=O)CCC1CCCNC1. The lowest BCUT2D eigenvalue weighted by Gasteiger charge is -2.33. The van der Waals surface area contributed by atoms with Crippen molar-refractivity contribution in [3.63, 3.8) is 0 Å². The molecule has 2 heterocycles. The first-order valence-electron chi connectivity index (χ1n) is 8.97. The summed E-state index contributed by atoms with van der Waals surface area (Å²) < 4.78 is 0. The molecule has 2 fully saturated rings. The van der Waals surface area contributed by atoms with Crippen molar-refractivity contribution >= 4 is 5.91 Å². The third-order valence-electron chi connectivity index (χ3n) is 5.06. The van der Waals surface area contributed by atoms with Crippen LogP contribution in [-0.2, 0) is 4.79 Å². The Balaban J connectivity index is 1.48. The number of carbonyl (C=O) groups is 1. The summed E-state index contributed by atoms with van der Waals surface area (Å²) in [5.74, 6) is 0.950. The lowest BCUT2D eigenvalue weighted by Crippen LogP contribution is -2.39. The Labute approximate surface area is 130 Å². The highest BCUT2D eigenvalue weighted by molar-refractivity contribution is 5.75. The Kier molecular flexibility index (Phi) is 7.51. The van der Waals surface area contributed by atoms with Crippen molar-refractivity contribution in [3.8, 4) is 0 Å². The standard InChI is InChI=1S/C17H33N3O/c1-15-6-2-3-12-20(15)13-5-11-19-17(21)9-8-16-7-4-10-18-14-16/h15-16,18H,2-14H2,1H3,(H,19,21). The molecule has 4 nitrogen and oxygen atoms in total. The Morgan fingerprint density at radius 1 is 1.29 bits per heavy atom. The van der Waals surface area contributed by atoms with Gasteiger partial charge >= 0.3 is 0 Å². The lowest BCUT2D eigenvalue weighted by atomic mass is 9.94. The number of hydrogen-bond donors (Lipinski definition) is 2. The number of hydrogen-bond acceptors (Lipinski definition) is 3. The minimum absolute atomic E-state index is 0.243. The lowest BCUT2D eigenvalue weighted by molar-refractivity contribution is -0.121. The molecule has 2 N–H and O–H groups in total. The van der Waals surface area contributed by atoms with E-state index in [2.05, 4.69) is 22.5 Å². The number of nitrogens with zero attached hydrogens (tertiary/aromatic N) is 1. The first kappa shape index (κ1) is 16.8. The van der Waals surface area contributed by atoms with Gasteiger partial charge in [0.2, 0.25) is 5.91 Å². The Morgan fingerprint density at radius 2 is 2.19 bits per heavy atom. The molecule has 2 rings (SSSR count). The Hall–Kier alpha value is -0.610. The molecule has 2 atom stereocenters. The molecule has 0 spiro atoms. The van der Waals surface area contributed by atoms with Gasteiger partial charge in [0.25, 0.3) is 0 Å². The average molecular weight is 295 g/mol. The maximum Gasteiger partial charge on any atom is 0.220 e. The van der Waals surface area contributed by atoms with Crippen LogP contribution in [0.25, 0.3) is 0 Å². The topological polar surface area (TPSA) is 44.4 Å². The van der Waals surface area contributed by atoms with Crippen LogP contribution in [-0.4, -0.2) is 49.6 Å². The molecule has 0 bridgehead atoms. The molecule has 122 valence electrons. The summed E-state index contributed by atoms with van der Waals surface area (Å²) in [4.78, 5) is 14.4. The molecule has 0 saturated carbocycles. The van der Waals surface area contributed by atoms with Crippen molar-refractivity contribution in [1.29, 1.82) is 0 Å². The first-order chi connectivity index (χ1) is 10.3. The zero-order valence-electron chi connectivity index (χ0n) is 13.7. The van der Waals surface area contributed by atoms with E-state index in [1.165, 1.54) is 38.6 Å². The molecule has 0 aromatic heterocycles. The van der Waals surface area contributed by atoms with E-state index in [0.29, 0.717) is 12.3 Å². The largest absolute Gasteiger partial charge is 0.356 e. The highest BCUT2D eigenvalue weighted by Gasteiger charge is 2.17. The summed E-state index contributed by atoms with van der Waals surface area (Å²) in [7, 11) is 0. The molecular weight excluding hydrogens is 262 g/mol. The van der Waals surface area contributed by atoms with Crippen LogP contribution in [0.15, 0.2) is 0 Å². The van der Waals surface area contributed by atoms with Gasteiger partial charge in [-0.05, 0) is 71.0 Å². The molecule has 0 aliphatic carbocycles. The van der Waals surface area contributed by atoms with Gasteiger partial charge in [-0.1, -0.05) is 6.42 Å². The zero-order valence-corrected chi connectivity index (χ0v) is 13.7. The van der Waals surface area contributed by atoms with Crippen molar-refractivity contribution in [3.05, 3.63) is 0 Å². The van der Waals surface area contributed by atoms with Crippen molar-refractivity contribution in [2.24, 2.45) is 5.92 Å². The number of rotatable bonds is 7. The van der Waals surface area contributed by atoms with E-state index in [9.17, 15) is 4.79 Å². The summed E-state index contributed by atoms with van der Waals surface area (Å²) in [6.45, 7) is 7.79. The predicted molar refractivity (Wildman–Crippen MR) is 87.3 cm³/mol. The summed E-state index contributed by atoms with van der Waals surface area (Å²) in [5, 5.41) is 6.50. The number of likely N-dealkylation sites (tertiary alicyclic amines) is 1. The van der Waals surface area contributed by atoms with Crippen molar-refractivity contribution in [2.45, 2.75) is 64.3 Å². The normalized spacial score (nSPS) is 27.5. The van der Waals surface area contributed by atoms with E-state index in [0.717, 1.165) is 45.1 Å². The number of nitrogens with one attached hydrogen (secondary N) is 2. The van der Waals surface area contributed by atoms with Crippen LogP contribution in [0.5, 0.6) is 0 Å². The molecule has 0 radical (unpaired) electrons. The quantitative estimate of drug-likeness (QED) is 0.707. The third-order valence-corrected chi connectivity index (χ3v) is 5.06. The van der Waals surface area contributed by atoms with Gasteiger partial charge < -0.3 is 15.5 Å². The molecule has 2 aliphatic heterocycles. The van der Waals surface area contributed by atoms with Gasteiger partial charge in [-0.2, -0.15) is 0 Å². The summed E-state index contributed by atoms with van der Waals surface area (Å²) in [6.07, 6.45) is 9.43. The van der Waals surface area contributed by atoms with Crippen molar-refractivity contribution in [2.75, 3.05) is 32.7 Å². The van der Waals surface area contributed by atoms with Crippen LogP contribution in [0.3, 0.4) is 0 Å². The summed E-state index contributed by atoms with van der Waals surface area (Å²) >= 11 is 0. The van der Waals surface area contributed by atoms with Crippen LogP contribution in [0.4, 0.5) is 0 Å². The minimum atomic E-state index is 0.243. The molecule has 4 heteroatoms. The summed E-state index contributed by atoms with van der Waals surface area (Å²) in [5.41, 5.74) is 0. The highest BCUT2D eigenvalue weighted by Crippen LogP contribution is 2.16. The maximum absolute atomic E-state index is 11.9. The van der Waals surface area contributed by atoms with Crippen LogP contribution >= 0.6 is 0 Å². The number of carbonyl (C=O) groups excluding carboxylic acids is 1. The molecule has 2 unspecified atom stereocenters. The smallest absolute Gasteiger partial charge is 0.220 e. The first-order valence-corrected chi connectivity index (χ1v) is 8.97. The second-order valence-electron chi connectivity index (χ2n) is 6.84. The molecule has 21 heavy (non-hydrogen) atoms. The second kappa shape index (κ2) is 9.42.